The lowest BCUT2D eigenvalue weighted by atomic mass is 9.92. The molecule has 0 aliphatic heterocycles. The van der Waals surface area contributed by atoms with E-state index in [0.717, 1.165) is 0 Å². The Labute approximate surface area is 68.6 Å². The molecular formula is C9H18O2. The van der Waals surface area contributed by atoms with Crippen molar-refractivity contribution >= 4 is 0 Å². The average Bonchev–Trinajstić information content (AvgIpc) is 1.98. The Bertz CT molecular complexity index is 110. The Morgan fingerprint density at radius 2 is 2.00 bits per heavy atom. The number of hydrogen-bond donors (Lipinski definition) is 2. The van der Waals surface area contributed by atoms with Crippen LogP contribution >= 0.6 is 0 Å². The molecule has 0 aromatic rings. The zero-order valence-electron chi connectivity index (χ0n) is 7.33. The van der Waals surface area contributed by atoms with Crippen LogP contribution in [0.3, 0.4) is 0 Å². The van der Waals surface area contributed by atoms with Gasteiger partial charge in [-0.3, -0.25) is 0 Å². The van der Waals surface area contributed by atoms with E-state index in [1.807, 2.05) is 6.92 Å². The molecule has 0 aliphatic carbocycles. The lowest BCUT2D eigenvalue weighted by molar-refractivity contribution is 0.0215. The van der Waals surface area contributed by atoms with Crippen LogP contribution in [0.25, 0.3) is 0 Å². The monoisotopic (exact) mass is 158 g/mol. The van der Waals surface area contributed by atoms with E-state index in [-0.39, 0.29) is 5.92 Å². The SMILES string of the molecule is C=CCC(C(C)O)C(O)CC. The van der Waals surface area contributed by atoms with Crippen LogP contribution in [0.5, 0.6) is 0 Å². The van der Waals surface area contributed by atoms with Crippen LogP contribution in [0, 0.1) is 5.92 Å². The molecule has 0 bridgehead atoms. The standard InChI is InChI=1S/C9H18O2/c1-4-6-8(7(3)10)9(11)5-2/h4,7-11H,1,5-6H2,2-3H3. The van der Waals surface area contributed by atoms with Crippen molar-refractivity contribution in [2.24, 2.45) is 5.92 Å². The van der Waals surface area contributed by atoms with Crippen molar-refractivity contribution in [1.82, 2.24) is 0 Å². The summed E-state index contributed by atoms with van der Waals surface area (Å²) < 4.78 is 0. The van der Waals surface area contributed by atoms with Crippen LogP contribution in [-0.2, 0) is 0 Å². The van der Waals surface area contributed by atoms with Crippen LogP contribution in [0.2, 0.25) is 0 Å². The fraction of sp³-hybridized carbons (Fsp3) is 0.778. The molecule has 3 atom stereocenters. The van der Waals surface area contributed by atoms with Crippen molar-refractivity contribution < 1.29 is 10.2 Å². The first kappa shape index (κ1) is 10.7. The molecule has 3 unspecified atom stereocenters. The topological polar surface area (TPSA) is 40.5 Å². The maximum Gasteiger partial charge on any atom is 0.0593 e. The van der Waals surface area contributed by atoms with Gasteiger partial charge in [0.1, 0.15) is 0 Å². The number of aliphatic hydroxyl groups is 2. The number of aliphatic hydroxyl groups excluding tert-OH is 2. The highest BCUT2D eigenvalue weighted by atomic mass is 16.3. The van der Waals surface area contributed by atoms with Crippen molar-refractivity contribution in [2.45, 2.75) is 38.9 Å². The maximum absolute atomic E-state index is 9.41. The summed E-state index contributed by atoms with van der Waals surface area (Å²) in [6.45, 7) is 7.18. The molecule has 0 aromatic carbocycles. The Hall–Kier alpha value is -0.340. The molecule has 0 fully saturated rings. The second-order valence-electron chi connectivity index (χ2n) is 2.90. The summed E-state index contributed by atoms with van der Waals surface area (Å²) in [6.07, 6.45) is 2.22. The fourth-order valence-corrected chi connectivity index (χ4v) is 1.17. The molecule has 0 rings (SSSR count). The molecule has 11 heavy (non-hydrogen) atoms. The zero-order valence-corrected chi connectivity index (χ0v) is 7.33. The van der Waals surface area contributed by atoms with Crippen LogP contribution in [0.4, 0.5) is 0 Å². The Morgan fingerprint density at radius 3 is 2.27 bits per heavy atom. The second kappa shape index (κ2) is 5.33. The van der Waals surface area contributed by atoms with Gasteiger partial charge in [-0.1, -0.05) is 13.0 Å². The smallest absolute Gasteiger partial charge is 0.0593 e. The molecule has 0 saturated heterocycles. The summed E-state index contributed by atoms with van der Waals surface area (Å²) >= 11 is 0. The van der Waals surface area contributed by atoms with E-state index in [4.69, 9.17) is 0 Å². The van der Waals surface area contributed by atoms with Gasteiger partial charge >= 0.3 is 0 Å². The van der Waals surface area contributed by atoms with E-state index in [0.29, 0.717) is 12.8 Å². The third-order valence-corrected chi connectivity index (χ3v) is 1.97. The van der Waals surface area contributed by atoms with Crippen molar-refractivity contribution in [3.05, 3.63) is 12.7 Å². The average molecular weight is 158 g/mol. The van der Waals surface area contributed by atoms with Gasteiger partial charge in [-0.15, -0.1) is 6.58 Å². The number of allylic oxidation sites excluding steroid dienone is 1. The second-order valence-corrected chi connectivity index (χ2v) is 2.90. The minimum atomic E-state index is -0.456. The normalized spacial score (nSPS) is 18.9. The first-order chi connectivity index (χ1) is 5.13. The number of rotatable bonds is 5. The highest BCUT2D eigenvalue weighted by Gasteiger charge is 2.20. The van der Waals surface area contributed by atoms with Crippen LogP contribution in [0.15, 0.2) is 12.7 Å². The van der Waals surface area contributed by atoms with Crippen molar-refractivity contribution in [3.8, 4) is 0 Å². The van der Waals surface area contributed by atoms with Gasteiger partial charge in [-0.05, 0) is 19.8 Å². The summed E-state index contributed by atoms with van der Waals surface area (Å²) in [6, 6.07) is 0. The number of hydrogen-bond acceptors (Lipinski definition) is 2. The molecule has 2 N–H and O–H groups in total. The molecule has 0 spiro atoms. The lowest BCUT2D eigenvalue weighted by Gasteiger charge is -2.22. The van der Waals surface area contributed by atoms with E-state index >= 15 is 0 Å². The van der Waals surface area contributed by atoms with Crippen LogP contribution in [0.1, 0.15) is 26.7 Å². The molecule has 2 nitrogen and oxygen atoms in total. The van der Waals surface area contributed by atoms with E-state index in [2.05, 4.69) is 6.58 Å². The fourth-order valence-electron chi connectivity index (χ4n) is 1.17. The summed E-state index contributed by atoms with van der Waals surface area (Å²) in [5.41, 5.74) is 0. The van der Waals surface area contributed by atoms with E-state index in [1.165, 1.54) is 0 Å². The van der Waals surface area contributed by atoms with Gasteiger partial charge in [0.25, 0.3) is 0 Å². The van der Waals surface area contributed by atoms with Gasteiger partial charge in [-0.2, -0.15) is 0 Å². The zero-order chi connectivity index (χ0) is 8.85. The molecule has 2 heteroatoms. The molecule has 66 valence electrons. The van der Waals surface area contributed by atoms with Crippen molar-refractivity contribution in [1.29, 1.82) is 0 Å². The largest absolute Gasteiger partial charge is 0.393 e. The first-order valence-corrected chi connectivity index (χ1v) is 4.10. The van der Waals surface area contributed by atoms with E-state index in [9.17, 15) is 10.2 Å². The molecule has 0 aliphatic rings. The predicted octanol–water partition coefficient (Wildman–Crippen LogP) is 1.33. The Kier molecular flexibility index (Phi) is 5.16. The van der Waals surface area contributed by atoms with Crippen molar-refractivity contribution in [3.63, 3.8) is 0 Å². The first-order valence-electron chi connectivity index (χ1n) is 4.10. The molecule has 0 amide bonds. The van der Waals surface area contributed by atoms with Gasteiger partial charge in [-0.25, -0.2) is 0 Å². The van der Waals surface area contributed by atoms with Gasteiger partial charge in [0.05, 0.1) is 12.2 Å². The summed E-state index contributed by atoms with van der Waals surface area (Å²) in [4.78, 5) is 0. The van der Waals surface area contributed by atoms with E-state index < -0.39 is 12.2 Å². The molecule has 0 saturated carbocycles. The minimum Gasteiger partial charge on any atom is -0.393 e. The third kappa shape index (κ3) is 3.54. The Morgan fingerprint density at radius 1 is 1.45 bits per heavy atom. The summed E-state index contributed by atoms with van der Waals surface area (Å²) in [5, 5.41) is 18.6. The molecule has 0 radical (unpaired) electrons. The molecule has 0 aromatic heterocycles. The Balaban J connectivity index is 3.96. The molecular weight excluding hydrogens is 140 g/mol. The predicted molar refractivity (Wildman–Crippen MR) is 46.3 cm³/mol. The van der Waals surface area contributed by atoms with Crippen LogP contribution < -0.4 is 0 Å². The van der Waals surface area contributed by atoms with Gasteiger partial charge < -0.3 is 10.2 Å². The van der Waals surface area contributed by atoms with Gasteiger partial charge in [0.15, 0.2) is 0 Å². The third-order valence-electron chi connectivity index (χ3n) is 1.97. The highest BCUT2D eigenvalue weighted by molar-refractivity contribution is 4.80. The van der Waals surface area contributed by atoms with Crippen LogP contribution in [-0.4, -0.2) is 22.4 Å². The minimum absolute atomic E-state index is 0.0579. The summed E-state index contributed by atoms with van der Waals surface area (Å²) in [7, 11) is 0. The van der Waals surface area contributed by atoms with Crippen molar-refractivity contribution in [2.75, 3.05) is 0 Å². The van der Waals surface area contributed by atoms with Gasteiger partial charge in [0.2, 0.25) is 0 Å². The molecule has 0 heterocycles. The quantitative estimate of drug-likeness (QED) is 0.593. The maximum atomic E-state index is 9.41. The highest BCUT2D eigenvalue weighted by Crippen LogP contribution is 2.16. The lowest BCUT2D eigenvalue weighted by Crippen LogP contribution is -2.28. The van der Waals surface area contributed by atoms with E-state index in [1.54, 1.807) is 13.0 Å². The summed E-state index contributed by atoms with van der Waals surface area (Å²) in [5.74, 6) is -0.0579. The van der Waals surface area contributed by atoms with Gasteiger partial charge in [0, 0.05) is 5.92 Å².